The molecule has 2 aromatic carbocycles. The van der Waals surface area contributed by atoms with Gasteiger partial charge in [-0.25, -0.2) is 0 Å². The molecule has 0 saturated heterocycles. The molecule has 1 N–H and O–H groups in total. The van der Waals surface area contributed by atoms with Gasteiger partial charge in [0.05, 0.1) is 11.7 Å². The number of carbonyl (C=O) groups excluding carboxylic acids is 1. The summed E-state index contributed by atoms with van der Waals surface area (Å²) in [7, 11) is 0. The normalized spacial score (nSPS) is 16.4. The van der Waals surface area contributed by atoms with Crippen molar-refractivity contribution in [2.24, 2.45) is 0 Å². The highest BCUT2D eigenvalue weighted by Crippen LogP contribution is 2.45. The summed E-state index contributed by atoms with van der Waals surface area (Å²) in [6, 6.07) is 14.9. The van der Waals surface area contributed by atoms with E-state index >= 15 is 0 Å². The fourth-order valence-corrected chi connectivity index (χ4v) is 4.05. The summed E-state index contributed by atoms with van der Waals surface area (Å²) in [4.78, 5) is 14.9. The van der Waals surface area contributed by atoms with Gasteiger partial charge in [-0.15, -0.1) is 0 Å². The van der Waals surface area contributed by atoms with Gasteiger partial charge in [-0.2, -0.15) is 5.10 Å². The third-order valence-electron chi connectivity index (χ3n) is 4.66. The number of H-pyrrole nitrogens is 1. The molecule has 0 fully saturated rings. The zero-order chi connectivity index (χ0) is 18.4. The number of hydrogen-bond donors (Lipinski definition) is 1. The highest BCUT2D eigenvalue weighted by molar-refractivity contribution is 6.35. The van der Waals surface area contributed by atoms with E-state index in [9.17, 15) is 4.79 Å². The Morgan fingerprint density at radius 2 is 1.85 bits per heavy atom. The van der Waals surface area contributed by atoms with Crippen molar-refractivity contribution in [3.63, 3.8) is 0 Å². The summed E-state index contributed by atoms with van der Waals surface area (Å²) < 4.78 is 0. The summed E-state index contributed by atoms with van der Waals surface area (Å²) in [5.41, 5.74) is 3.95. The summed E-state index contributed by atoms with van der Waals surface area (Å²) in [5, 5.41) is 8.47. The molecule has 1 aromatic heterocycles. The number of halogens is 2. The SMILES string of the molecule is CC(C)N1C(=O)c2[nH]nc(-c3ccccc3)c2C1c1ccc(Cl)cc1Cl. The average molecular weight is 386 g/mol. The number of carbonyl (C=O) groups is 1. The van der Waals surface area contributed by atoms with Crippen molar-refractivity contribution in [2.75, 3.05) is 0 Å². The number of hydrogen-bond acceptors (Lipinski definition) is 2. The topological polar surface area (TPSA) is 49.0 Å². The molecular formula is C20H17Cl2N3O. The molecule has 4 rings (SSSR count). The smallest absolute Gasteiger partial charge is 0.273 e. The molecule has 0 radical (unpaired) electrons. The van der Waals surface area contributed by atoms with Gasteiger partial charge in [0.1, 0.15) is 5.69 Å². The van der Waals surface area contributed by atoms with Gasteiger partial charge < -0.3 is 4.90 Å². The first-order valence-corrected chi connectivity index (χ1v) is 9.16. The van der Waals surface area contributed by atoms with Crippen molar-refractivity contribution >= 4 is 29.1 Å². The number of aromatic amines is 1. The van der Waals surface area contributed by atoms with Crippen molar-refractivity contribution in [3.8, 4) is 11.3 Å². The van der Waals surface area contributed by atoms with Gasteiger partial charge in [-0.05, 0) is 31.5 Å². The summed E-state index contributed by atoms with van der Waals surface area (Å²) in [6.45, 7) is 3.99. The maximum atomic E-state index is 13.0. The second-order valence-electron chi connectivity index (χ2n) is 6.60. The van der Waals surface area contributed by atoms with Gasteiger partial charge in [-0.3, -0.25) is 9.89 Å². The van der Waals surface area contributed by atoms with E-state index in [1.54, 1.807) is 12.1 Å². The molecule has 1 atom stereocenters. The fraction of sp³-hybridized carbons (Fsp3) is 0.200. The average Bonchev–Trinajstić information content (AvgIpc) is 3.15. The lowest BCUT2D eigenvalue weighted by Crippen LogP contribution is -2.35. The number of aromatic nitrogens is 2. The molecule has 3 aromatic rings. The molecule has 4 nitrogen and oxygen atoms in total. The fourth-order valence-electron chi connectivity index (χ4n) is 3.54. The van der Waals surface area contributed by atoms with E-state index in [1.807, 2.05) is 55.1 Å². The van der Waals surface area contributed by atoms with E-state index in [1.165, 1.54) is 0 Å². The van der Waals surface area contributed by atoms with Crippen LogP contribution in [0.4, 0.5) is 0 Å². The number of nitrogens with one attached hydrogen (secondary N) is 1. The molecule has 0 aliphatic carbocycles. The third-order valence-corrected chi connectivity index (χ3v) is 5.23. The van der Waals surface area contributed by atoms with E-state index in [4.69, 9.17) is 23.2 Å². The lowest BCUT2D eigenvalue weighted by atomic mass is 9.95. The minimum Gasteiger partial charge on any atom is -0.324 e. The molecule has 6 heteroatoms. The van der Waals surface area contributed by atoms with E-state index in [-0.39, 0.29) is 18.0 Å². The number of nitrogens with zero attached hydrogens (tertiary/aromatic N) is 2. The first-order valence-electron chi connectivity index (χ1n) is 8.40. The molecule has 1 aliphatic rings. The van der Waals surface area contributed by atoms with Crippen LogP contribution in [0.25, 0.3) is 11.3 Å². The second kappa shape index (κ2) is 6.45. The molecule has 0 saturated carbocycles. The van der Waals surface area contributed by atoms with E-state index in [0.717, 1.165) is 22.4 Å². The standard InChI is InChI=1S/C20H17Cl2N3O/c1-11(2)25-19(14-9-8-13(21)10-15(14)22)16-17(12-6-4-3-5-7-12)23-24-18(16)20(25)26/h3-11,19H,1-2H3,(H,23,24). The van der Waals surface area contributed by atoms with E-state index < -0.39 is 0 Å². The molecule has 2 heterocycles. The van der Waals surface area contributed by atoms with Crippen molar-refractivity contribution < 1.29 is 4.79 Å². The minimum atomic E-state index is -0.309. The Morgan fingerprint density at radius 3 is 2.50 bits per heavy atom. The van der Waals surface area contributed by atoms with Crippen LogP contribution in [0.3, 0.4) is 0 Å². The highest BCUT2D eigenvalue weighted by atomic mass is 35.5. The van der Waals surface area contributed by atoms with Crippen molar-refractivity contribution in [3.05, 3.63) is 75.4 Å². The van der Waals surface area contributed by atoms with Crippen LogP contribution in [0.1, 0.15) is 41.5 Å². The molecular weight excluding hydrogens is 369 g/mol. The molecule has 1 unspecified atom stereocenters. The predicted octanol–water partition coefficient (Wildman–Crippen LogP) is 5.34. The molecule has 1 aliphatic heterocycles. The van der Waals surface area contributed by atoms with Crippen LogP contribution in [-0.4, -0.2) is 27.0 Å². The third kappa shape index (κ3) is 2.61. The van der Waals surface area contributed by atoms with Crippen LogP contribution < -0.4 is 0 Å². The highest BCUT2D eigenvalue weighted by Gasteiger charge is 2.43. The minimum absolute atomic E-state index is 0.00340. The molecule has 0 spiro atoms. The Kier molecular flexibility index (Phi) is 4.25. The Bertz CT molecular complexity index is 982. The second-order valence-corrected chi connectivity index (χ2v) is 7.45. The number of rotatable bonds is 3. The molecule has 132 valence electrons. The van der Waals surface area contributed by atoms with Gasteiger partial charge in [0.2, 0.25) is 0 Å². The summed E-state index contributed by atoms with van der Waals surface area (Å²) in [5.74, 6) is -0.0688. The van der Waals surface area contributed by atoms with Gasteiger partial charge in [-0.1, -0.05) is 59.6 Å². The lowest BCUT2D eigenvalue weighted by Gasteiger charge is -2.30. The quantitative estimate of drug-likeness (QED) is 0.661. The van der Waals surface area contributed by atoms with Crippen LogP contribution in [0, 0.1) is 0 Å². The van der Waals surface area contributed by atoms with Crippen LogP contribution >= 0.6 is 23.2 Å². The lowest BCUT2D eigenvalue weighted by molar-refractivity contribution is 0.0688. The van der Waals surface area contributed by atoms with Crippen molar-refractivity contribution in [2.45, 2.75) is 25.9 Å². The predicted molar refractivity (Wildman–Crippen MR) is 104 cm³/mol. The molecule has 1 amide bonds. The largest absolute Gasteiger partial charge is 0.324 e. The van der Waals surface area contributed by atoms with Crippen LogP contribution in [0.2, 0.25) is 10.0 Å². The van der Waals surface area contributed by atoms with Gasteiger partial charge in [0.15, 0.2) is 0 Å². The number of fused-ring (bicyclic) bond motifs is 1. The summed E-state index contributed by atoms with van der Waals surface area (Å²) >= 11 is 12.6. The zero-order valence-electron chi connectivity index (χ0n) is 14.3. The monoisotopic (exact) mass is 385 g/mol. The van der Waals surface area contributed by atoms with E-state index in [2.05, 4.69) is 10.2 Å². The van der Waals surface area contributed by atoms with Crippen LogP contribution in [-0.2, 0) is 0 Å². The van der Waals surface area contributed by atoms with Crippen LogP contribution in [0.5, 0.6) is 0 Å². The first-order chi connectivity index (χ1) is 12.5. The van der Waals surface area contributed by atoms with Gasteiger partial charge >= 0.3 is 0 Å². The number of amides is 1. The van der Waals surface area contributed by atoms with E-state index in [0.29, 0.717) is 15.7 Å². The van der Waals surface area contributed by atoms with Gasteiger partial charge in [0.25, 0.3) is 5.91 Å². The maximum absolute atomic E-state index is 13.0. The Balaban J connectivity index is 1.95. The van der Waals surface area contributed by atoms with Crippen molar-refractivity contribution in [1.29, 1.82) is 0 Å². The van der Waals surface area contributed by atoms with Crippen molar-refractivity contribution in [1.82, 2.24) is 15.1 Å². The zero-order valence-corrected chi connectivity index (χ0v) is 15.8. The Labute approximate surface area is 161 Å². The Hall–Kier alpha value is -2.30. The molecule has 26 heavy (non-hydrogen) atoms. The first kappa shape index (κ1) is 17.1. The Morgan fingerprint density at radius 1 is 1.12 bits per heavy atom. The summed E-state index contributed by atoms with van der Waals surface area (Å²) in [6.07, 6.45) is 0. The van der Waals surface area contributed by atoms with Crippen LogP contribution in [0.15, 0.2) is 48.5 Å². The maximum Gasteiger partial charge on any atom is 0.273 e. The molecule has 0 bridgehead atoms. The number of benzene rings is 2. The van der Waals surface area contributed by atoms with Gasteiger partial charge in [0, 0.05) is 27.2 Å².